The van der Waals surface area contributed by atoms with Gasteiger partial charge in [-0.15, -0.1) is 0 Å². The maximum Gasteiger partial charge on any atom is 0.231 e. The van der Waals surface area contributed by atoms with Crippen molar-refractivity contribution in [3.05, 3.63) is 34.7 Å². The van der Waals surface area contributed by atoms with E-state index in [9.17, 15) is 5.11 Å². The van der Waals surface area contributed by atoms with Gasteiger partial charge < -0.3 is 10.0 Å². The van der Waals surface area contributed by atoms with Gasteiger partial charge in [0.1, 0.15) is 0 Å². The van der Waals surface area contributed by atoms with Crippen LogP contribution < -0.4 is 4.90 Å². The van der Waals surface area contributed by atoms with Gasteiger partial charge in [-0.25, -0.2) is 0 Å². The lowest BCUT2D eigenvalue weighted by molar-refractivity contribution is 0.456. The number of para-hydroxylation sites is 1. The molecule has 0 aliphatic carbocycles. The van der Waals surface area contributed by atoms with Gasteiger partial charge >= 0.3 is 0 Å². The van der Waals surface area contributed by atoms with Crippen molar-refractivity contribution in [2.75, 3.05) is 18.0 Å². The van der Waals surface area contributed by atoms with Crippen LogP contribution in [0.5, 0.6) is 5.88 Å². The second-order valence-corrected chi connectivity index (χ2v) is 6.26. The van der Waals surface area contributed by atoms with E-state index in [1.807, 2.05) is 36.6 Å². The third-order valence-corrected chi connectivity index (χ3v) is 4.90. The lowest BCUT2D eigenvalue weighted by Gasteiger charge is -2.11. The van der Waals surface area contributed by atoms with Crippen LogP contribution in [-0.4, -0.2) is 29.4 Å². The zero-order valence-electron chi connectivity index (χ0n) is 11.5. The Hall–Kier alpha value is -2.14. The second-order valence-electron chi connectivity index (χ2n) is 5.25. The summed E-state index contributed by atoms with van der Waals surface area (Å²) in [5, 5.41) is 11.0. The van der Waals surface area contributed by atoms with Gasteiger partial charge in [-0.2, -0.15) is 4.98 Å². The monoisotopic (exact) mass is 297 g/mol. The number of hydrogen-bond acceptors (Lipinski definition) is 5. The summed E-state index contributed by atoms with van der Waals surface area (Å²) in [5.41, 5.74) is 3.11. The highest BCUT2D eigenvalue weighted by atomic mass is 32.1. The average Bonchev–Trinajstić information content (AvgIpc) is 3.21. The molecule has 0 saturated carbocycles. The van der Waals surface area contributed by atoms with Gasteiger partial charge in [-0.05, 0) is 25.0 Å². The molecule has 106 valence electrons. The van der Waals surface area contributed by atoms with E-state index < -0.39 is 0 Å². The zero-order chi connectivity index (χ0) is 14.2. The van der Waals surface area contributed by atoms with Crippen LogP contribution in [0.4, 0.5) is 10.8 Å². The van der Waals surface area contributed by atoms with E-state index >= 15 is 0 Å². The number of fused-ring (bicyclic) bond motifs is 1. The fraction of sp³-hybridized carbons (Fsp3) is 0.250. The second kappa shape index (κ2) is 5.00. The minimum Gasteiger partial charge on any atom is -0.492 e. The topological polar surface area (TPSA) is 48.7 Å². The molecular weight excluding hydrogens is 282 g/mol. The van der Waals surface area contributed by atoms with Crippen LogP contribution in [0.1, 0.15) is 23.3 Å². The van der Waals surface area contributed by atoms with E-state index in [4.69, 9.17) is 0 Å². The predicted octanol–water partition coefficient (Wildman–Crippen LogP) is 3.71. The normalized spacial score (nSPS) is 18.7. The fourth-order valence-electron chi connectivity index (χ4n) is 2.75. The van der Waals surface area contributed by atoms with Crippen LogP contribution in [-0.2, 0) is 0 Å². The largest absolute Gasteiger partial charge is 0.492 e. The van der Waals surface area contributed by atoms with Crippen molar-refractivity contribution in [2.45, 2.75) is 12.8 Å². The number of nitrogens with zero attached hydrogens (tertiary/aromatic N) is 3. The molecule has 21 heavy (non-hydrogen) atoms. The molecular formula is C16H15N3OS. The fourth-order valence-corrected chi connectivity index (χ4v) is 3.71. The molecule has 0 unspecified atom stereocenters. The van der Waals surface area contributed by atoms with Crippen LogP contribution in [0.3, 0.4) is 0 Å². The number of benzene rings is 1. The molecule has 4 nitrogen and oxygen atoms in total. The number of hydrogen-bond donors (Lipinski definition) is 1. The lowest BCUT2D eigenvalue weighted by atomic mass is 10.1. The summed E-state index contributed by atoms with van der Waals surface area (Å²) in [5.74, 6) is 0.118. The number of aromatic hydroxyl groups is 1. The molecule has 1 saturated heterocycles. The molecule has 1 fully saturated rings. The molecule has 3 heterocycles. The van der Waals surface area contributed by atoms with Gasteiger partial charge in [0.25, 0.3) is 0 Å². The van der Waals surface area contributed by atoms with E-state index in [0.29, 0.717) is 0 Å². The number of aliphatic imine (C=N–C) groups is 1. The SMILES string of the molecule is Oc1nc(N2CCCC2)sc1/C=C1\C=Nc2ccccc21. The number of rotatable bonds is 2. The molecule has 2 aromatic rings. The van der Waals surface area contributed by atoms with Crippen molar-refractivity contribution in [1.82, 2.24) is 4.98 Å². The Bertz CT molecular complexity index is 742. The Morgan fingerprint density at radius 3 is 2.86 bits per heavy atom. The maximum atomic E-state index is 10.1. The van der Waals surface area contributed by atoms with E-state index in [1.54, 1.807) is 11.3 Å². The van der Waals surface area contributed by atoms with Crippen LogP contribution in [0.2, 0.25) is 0 Å². The molecule has 0 radical (unpaired) electrons. The molecule has 5 heteroatoms. The van der Waals surface area contributed by atoms with E-state index in [-0.39, 0.29) is 5.88 Å². The highest BCUT2D eigenvalue weighted by molar-refractivity contribution is 7.16. The third-order valence-electron chi connectivity index (χ3n) is 3.84. The first-order valence-electron chi connectivity index (χ1n) is 7.11. The Labute approximate surface area is 127 Å². The minimum absolute atomic E-state index is 0.118. The summed E-state index contributed by atoms with van der Waals surface area (Å²) in [4.78, 5) is 11.7. The van der Waals surface area contributed by atoms with Crippen LogP contribution in [0, 0.1) is 0 Å². The summed E-state index contributed by atoms with van der Waals surface area (Å²) in [7, 11) is 0. The van der Waals surface area contributed by atoms with Crippen molar-refractivity contribution < 1.29 is 5.11 Å². The Morgan fingerprint density at radius 2 is 2.00 bits per heavy atom. The van der Waals surface area contributed by atoms with Gasteiger partial charge in [0.2, 0.25) is 5.88 Å². The van der Waals surface area contributed by atoms with Crippen LogP contribution in [0.25, 0.3) is 11.6 Å². The summed E-state index contributed by atoms with van der Waals surface area (Å²) < 4.78 is 0. The van der Waals surface area contributed by atoms with Crippen molar-refractivity contribution in [2.24, 2.45) is 4.99 Å². The van der Waals surface area contributed by atoms with Crippen molar-refractivity contribution >= 4 is 40.0 Å². The highest BCUT2D eigenvalue weighted by Gasteiger charge is 2.19. The molecule has 1 aromatic heterocycles. The van der Waals surface area contributed by atoms with Gasteiger partial charge in [0.15, 0.2) is 5.13 Å². The van der Waals surface area contributed by atoms with Gasteiger partial charge in [0.05, 0.1) is 10.6 Å². The first-order chi connectivity index (χ1) is 10.3. The quantitative estimate of drug-likeness (QED) is 0.919. The molecule has 4 rings (SSSR count). The van der Waals surface area contributed by atoms with E-state index in [1.165, 1.54) is 12.8 Å². The minimum atomic E-state index is 0.118. The molecule has 0 atom stereocenters. The first kappa shape index (κ1) is 12.6. The van der Waals surface area contributed by atoms with Crippen molar-refractivity contribution in [3.8, 4) is 5.88 Å². The first-order valence-corrected chi connectivity index (χ1v) is 7.93. The van der Waals surface area contributed by atoms with Crippen molar-refractivity contribution in [3.63, 3.8) is 0 Å². The van der Waals surface area contributed by atoms with Crippen LogP contribution >= 0.6 is 11.3 Å². The average molecular weight is 297 g/mol. The van der Waals surface area contributed by atoms with Crippen LogP contribution in [0.15, 0.2) is 29.3 Å². The third kappa shape index (κ3) is 2.23. The summed E-state index contributed by atoms with van der Waals surface area (Å²) >= 11 is 1.55. The number of allylic oxidation sites excluding steroid dienone is 1. The lowest BCUT2D eigenvalue weighted by Crippen LogP contribution is -2.16. The number of thiazole rings is 1. The molecule has 2 aliphatic rings. The molecule has 1 aromatic carbocycles. The summed E-state index contributed by atoms with van der Waals surface area (Å²) in [6.45, 7) is 2.07. The van der Waals surface area contributed by atoms with Gasteiger partial charge in [-0.3, -0.25) is 4.99 Å². The molecule has 2 aliphatic heterocycles. The maximum absolute atomic E-state index is 10.1. The van der Waals surface area contributed by atoms with E-state index in [0.717, 1.165) is 39.9 Å². The number of aromatic nitrogens is 1. The summed E-state index contributed by atoms with van der Waals surface area (Å²) in [6, 6.07) is 8.03. The predicted molar refractivity (Wildman–Crippen MR) is 87.7 cm³/mol. The number of anilines is 1. The van der Waals surface area contributed by atoms with E-state index in [2.05, 4.69) is 14.9 Å². The zero-order valence-corrected chi connectivity index (χ0v) is 12.3. The Balaban J connectivity index is 1.69. The summed E-state index contributed by atoms with van der Waals surface area (Å²) in [6.07, 6.45) is 6.23. The van der Waals surface area contributed by atoms with Gasteiger partial charge in [-0.1, -0.05) is 29.5 Å². The molecule has 1 N–H and O–H groups in total. The molecule has 0 bridgehead atoms. The molecule has 0 spiro atoms. The Kier molecular flexibility index (Phi) is 3.00. The molecule has 0 amide bonds. The standard InChI is InChI=1S/C16H15N3OS/c20-15-14(21-16(18-15)19-7-3-4-8-19)9-11-10-17-13-6-2-1-5-12(11)13/h1-2,5-6,9-10,20H,3-4,7-8H2/b11-9+. The highest BCUT2D eigenvalue weighted by Crippen LogP contribution is 2.37. The smallest absolute Gasteiger partial charge is 0.231 e. The van der Waals surface area contributed by atoms with Gasteiger partial charge in [0, 0.05) is 30.4 Å². The van der Waals surface area contributed by atoms with Crippen molar-refractivity contribution in [1.29, 1.82) is 0 Å². The Morgan fingerprint density at radius 1 is 1.19 bits per heavy atom.